The predicted molar refractivity (Wildman–Crippen MR) is 84.1 cm³/mol. The van der Waals surface area contributed by atoms with Gasteiger partial charge in [-0.15, -0.1) is 0 Å². The molecule has 3 heterocycles. The Morgan fingerprint density at radius 2 is 1.86 bits per heavy atom. The van der Waals surface area contributed by atoms with Crippen LogP contribution in [0.1, 0.15) is 28.0 Å². The monoisotopic (exact) mass is 401 g/mol. The highest BCUT2D eigenvalue weighted by Crippen LogP contribution is 2.31. The molecular formula is C15H14F3N5O5. The van der Waals surface area contributed by atoms with E-state index in [1.165, 1.54) is 0 Å². The van der Waals surface area contributed by atoms with Crippen LogP contribution < -0.4 is 5.32 Å². The number of carboxylic acid groups (broad SMARTS) is 1. The largest absolute Gasteiger partial charge is 0.478 e. The van der Waals surface area contributed by atoms with Crippen molar-refractivity contribution in [3.05, 3.63) is 41.9 Å². The Morgan fingerprint density at radius 3 is 2.46 bits per heavy atom. The second-order valence-corrected chi connectivity index (χ2v) is 5.90. The van der Waals surface area contributed by atoms with E-state index < -0.39 is 42.2 Å². The number of ether oxygens (including phenoxy) is 1. The molecule has 1 fully saturated rings. The van der Waals surface area contributed by atoms with E-state index in [0.717, 1.165) is 18.6 Å². The standard InChI is InChI=1S/C15H14F3N5O5/c16-15(17,18)8-3-19-4-9(22-8)23-10-11(25)7(24)5-28-12(10)13-20-1-6(2-21-13)14(26)27/h1-4,7,10-12,24-25H,5H2,(H,22,23)(H,26,27)/t7-,10+,11-,12-/m0/s1. The fourth-order valence-electron chi connectivity index (χ4n) is 2.56. The highest BCUT2D eigenvalue weighted by atomic mass is 19.4. The normalized spacial score (nSPS) is 25.3. The zero-order valence-corrected chi connectivity index (χ0v) is 13.9. The van der Waals surface area contributed by atoms with Crippen LogP contribution in [0.25, 0.3) is 0 Å². The van der Waals surface area contributed by atoms with Gasteiger partial charge in [0.1, 0.15) is 24.1 Å². The van der Waals surface area contributed by atoms with E-state index in [2.05, 4.69) is 25.3 Å². The quantitative estimate of drug-likeness (QED) is 0.561. The molecule has 0 saturated carbocycles. The number of halogens is 3. The lowest BCUT2D eigenvalue weighted by molar-refractivity contribution is -0.141. The summed E-state index contributed by atoms with van der Waals surface area (Å²) >= 11 is 0. The van der Waals surface area contributed by atoms with Crippen molar-refractivity contribution in [1.82, 2.24) is 19.9 Å². The fraction of sp³-hybridized carbons (Fsp3) is 0.400. The number of alkyl halides is 3. The van der Waals surface area contributed by atoms with Gasteiger partial charge in [0, 0.05) is 12.4 Å². The van der Waals surface area contributed by atoms with Crippen molar-refractivity contribution >= 4 is 11.8 Å². The number of aliphatic hydroxyl groups excluding tert-OH is 2. The van der Waals surface area contributed by atoms with Gasteiger partial charge in [-0.3, -0.25) is 4.98 Å². The lowest BCUT2D eigenvalue weighted by Gasteiger charge is -2.38. The first-order valence-corrected chi connectivity index (χ1v) is 7.85. The molecule has 0 spiro atoms. The van der Waals surface area contributed by atoms with Crippen LogP contribution in [0.2, 0.25) is 0 Å². The third-order valence-corrected chi connectivity index (χ3v) is 3.95. The third-order valence-electron chi connectivity index (χ3n) is 3.95. The summed E-state index contributed by atoms with van der Waals surface area (Å²) in [7, 11) is 0. The zero-order valence-electron chi connectivity index (χ0n) is 13.9. The minimum absolute atomic E-state index is 0.0339. The number of carboxylic acids is 1. The van der Waals surface area contributed by atoms with Crippen LogP contribution in [0.4, 0.5) is 19.0 Å². The maximum absolute atomic E-state index is 12.8. The second-order valence-electron chi connectivity index (χ2n) is 5.90. The third kappa shape index (κ3) is 4.16. The van der Waals surface area contributed by atoms with Gasteiger partial charge < -0.3 is 25.4 Å². The summed E-state index contributed by atoms with van der Waals surface area (Å²) in [5.41, 5.74) is -1.43. The first-order valence-electron chi connectivity index (χ1n) is 7.85. The number of hydrogen-bond acceptors (Lipinski definition) is 9. The predicted octanol–water partition coefficient (Wildman–Crippen LogP) is 0.257. The number of nitrogens with one attached hydrogen (secondary N) is 1. The molecule has 0 unspecified atom stereocenters. The zero-order chi connectivity index (χ0) is 20.5. The number of aromatic carboxylic acids is 1. The summed E-state index contributed by atoms with van der Waals surface area (Å²) in [4.78, 5) is 25.5. The molecule has 4 atom stereocenters. The van der Waals surface area contributed by atoms with Gasteiger partial charge >= 0.3 is 12.1 Å². The molecule has 0 aromatic carbocycles. The molecule has 0 bridgehead atoms. The van der Waals surface area contributed by atoms with Crippen molar-refractivity contribution in [2.45, 2.75) is 30.5 Å². The van der Waals surface area contributed by atoms with E-state index in [0.29, 0.717) is 6.20 Å². The van der Waals surface area contributed by atoms with E-state index in [1.807, 2.05) is 0 Å². The van der Waals surface area contributed by atoms with Crippen molar-refractivity contribution in [3.63, 3.8) is 0 Å². The van der Waals surface area contributed by atoms with Gasteiger partial charge in [-0.05, 0) is 0 Å². The van der Waals surface area contributed by atoms with Gasteiger partial charge in [0.05, 0.1) is 30.6 Å². The molecule has 13 heteroatoms. The molecule has 2 aromatic heterocycles. The molecule has 1 saturated heterocycles. The van der Waals surface area contributed by atoms with Crippen LogP contribution in [0.3, 0.4) is 0 Å². The lowest BCUT2D eigenvalue weighted by Crippen LogP contribution is -2.53. The molecule has 2 aromatic rings. The number of aromatic nitrogens is 4. The van der Waals surface area contributed by atoms with Crippen molar-refractivity contribution in [1.29, 1.82) is 0 Å². The Balaban J connectivity index is 1.89. The molecule has 4 N–H and O–H groups in total. The Morgan fingerprint density at radius 1 is 1.18 bits per heavy atom. The van der Waals surface area contributed by atoms with Crippen molar-refractivity contribution in [3.8, 4) is 0 Å². The molecule has 0 aliphatic carbocycles. The van der Waals surface area contributed by atoms with Crippen LogP contribution in [0.5, 0.6) is 0 Å². The van der Waals surface area contributed by atoms with Gasteiger partial charge in [0.25, 0.3) is 0 Å². The highest BCUT2D eigenvalue weighted by Gasteiger charge is 2.42. The van der Waals surface area contributed by atoms with Crippen LogP contribution >= 0.6 is 0 Å². The molecule has 1 aliphatic rings. The summed E-state index contributed by atoms with van der Waals surface area (Å²) in [6.07, 6.45) is -5.02. The smallest absolute Gasteiger partial charge is 0.434 e. The van der Waals surface area contributed by atoms with E-state index in [-0.39, 0.29) is 23.8 Å². The van der Waals surface area contributed by atoms with Crippen LogP contribution in [-0.2, 0) is 10.9 Å². The van der Waals surface area contributed by atoms with Crippen molar-refractivity contribution in [2.24, 2.45) is 0 Å². The van der Waals surface area contributed by atoms with E-state index >= 15 is 0 Å². The molecular weight excluding hydrogens is 387 g/mol. The summed E-state index contributed by atoms with van der Waals surface area (Å²) < 4.78 is 43.9. The van der Waals surface area contributed by atoms with E-state index in [9.17, 15) is 28.2 Å². The van der Waals surface area contributed by atoms with Gasteiger partial charge in [0.15, 0.2) is 11.5 Å². The van der Waals surface area contributed by atoms with Crippen LogP contribution in [0.15, 0.2) is 24.8 Å². The summed E-state index contributed by atoms with van der Waals surface area (Å²) in [5, 5.41) is 31.6. The summed E-state index contributed by atoms with van der Waals surface area (Å²) in [6.45, 7) is -0.289. The topological polar surface area (TPSA) is 151 Å². The molecule has 0 radical (unpaired) electrons. The Kier molecular flexibility index (Phi) is 5.40. The molecule has 0 amide bonds. The minimum atomic E-state index is -4.72. The fourth-order valence-corrected chi connectivity index (χ4v) is 2.56. The summed E-state index contributed by atoms with van der Waals surface area (Å²) in [5.74, 6) is -1.60. The van der Waals surface area contributed by atoms with Crippen molar-refractivity contribution in [2.75, 3.05) is 11.9 Å². The van der Waals surface area contributed by atoms with E-state index in [4.69, 9.17) is 9.84 Å². The molecule has 150 valence electrons. The van der Waals surface area contributed by atoms with Gasteiger partial charge in [-0.25, -0.2) is 19.7 Å². The lowest BCUT2D eigenvalue weighted by atomic mass is 9.96. The number of nitrogens with zero attached hydrogens (tertiary/aromatic N) is 4. The number of anilines is 1. The molecule has 28 heavy (non-hydrogen) atoms. The molecule has 1 aliphatic heterocycles. The maximum Gasteiger partial charge on any atom is 0.434 e. The van der Waals surface area contributed by atoms with E-state index in [1.54, 1.807) is 0 Å². The Hall–Kier alpha value is -2.90. The molecule has 3 rings (SSSR count). The van der Waals surface area contributed by atoms with Crippen LogP contribution in [-0.4, -0.2) is 66.1 Å². The second kappa shape index (κ2) is 7.61. The number of carbonyl (C=O) groups is 1. The number of aliphatic hydroxyl groups is 2. The average molecular weight is 401 g/mol. The number of rotatable bonds is 4. The van der Waals surface area contributed by atoms with Gasteiger partial charge in [-0.2, -0.15) is 13.2 Å². The Bertz CT molecular complexity index is 851. The van der Waals surface area contributed by atoms with Gasteiger partial charge in [-0.1, -0.05) is 0 Å². The average Bonchev–Trinajstić information content (AvgIpc) is 2.65. The number of hydrogen-bond donors (Lipinski definition) is 4. The SMILES string of the molecule is O=C(O)c1cnc([C@H]2OC[C@H](O)[C@H](O)[C@H]2Nc2cncc(C(F)(F)F)n2)nc1. The summed E-state index contributed by atoms with van der Waals surface area (Å²) in [6, 6.07) is -1.18. The van der Waals surface area contributed by atoms with Gasteiger partial charge in [0.2, 0.25) is 0 Å². The Labute approximate surface area is 155 Å². The van der Waals surface area contributed by atoms with Crippen molar-refractivity contribution < 1.29 is 38.0 Å². The highest BCUT2D eigenvalue weighted by molar-refractivity contribution is 5.86. The first kappa shape index (κ1) is 19.9. The first-order chi connectivity index (χ1) is 13.2. The molecule has 10 nitrogen and oxygen atoms in total. The maximum atomic E-state index is 12.8. The van der Waals surface area contributed by atoms with Crippen LogP contribution in [0, 0.1) is 0 Å². The minimum Gasteiger partial charge on any atom is -0.478 e.